The number of hydrogen-bond acceptors (Lipinski definition) is 6. The molecule has 5 rings (SSSR count). The minimum Gasteiger partial charge on any atom is -0.355 e. The lowest BCUT2D eigenvalue weighted by atomic mass is 9.80. The average Bonchev–Trinajstić information content (AvgIpc) is 3.22. The van der Waals surface area contributed by atoms with E-state index in [1.165, 1.54) is 17.8 Å². The molecule has 0 bridgehead atoms. The molecule has 40 heavy (non-hydrogen) atoms. The van der Waals surface area contributed by atoms with Crippen LogP contribution in [0.3, 0.4) is 0 Å². The maximum atomic E-state index is 13.9. The zero-order valence-corrected chi connectivity index (χ0v) is 24.1. The number of nitrogens with zero attached hydrogens (tertiary/aromatic N) is 6. The van der Waals surface area contributed by atoms with E-state index in [-0.39, 0.29) is 23.1 Å². The van der Waals surface area contributed by atoms with Crippen molar-refractivity contribution >= 4 is 46.1 Å². The van der Waals surface area contributed by atoms with Crippen LogP contribution < -0.4 is 10.2 Å². The fraction of sp³-hybridized carbons (Fsp3) is 0.556. The third-order valence-corrected chi connectivity index (χ3v) is 8.42. The van der Waals surface area contributed by atoms with Gasteiger partial charge in [-0.3, -0.25) is 4.79 Å². The van der Waals surface area contributed by atoms with Crippen molar-refractivity contribution in [2.24, 2.45) is 11.8 Å². The minimum atomic E-state index is -4.69. The molecule has 0 radical (unpaired) electrons. The van der Waals surface area contributed by atoms with Gasteiger partial charge in [0.15, 0.2) is 11.3 Å². The van der Waals surface area contributed by atoms with E-state index in [1.54, 1.807) is 25.1 Å². The highest BCUT2D eigenvalue weighted by Crippen LogP contribution is 2.38. The number of nitrogens with one attached hydrogen (secondary N) is 1. The Kier molecular flexibility index (Phi) is 8.18. The summed E-state index contributed by atoms with van der Waals surface area (Å²) in [5, 5.41) is 7.62. The summed E-state index contributed by atoms with van der Waals surface area (Å²) in [6.07, 6.45) is -1.04. The number of hydrogen-bond donors (Lipinski definition) is 1. The Labute approximate surface area is 240 Å². The fourth-order valence-electron chi connectivity index (χ4n) is 5.90. The number of alkyl halides is 3. The van der Waals surface area contributed by atoms with E-state index in [0.717, 1.165) is 45.6 Å². The molecule has 1 aromatic carbocycles. The number of anilines is 1. The predicted molar refractivity (Wildman–Crippen MR) is 149 cm³/mol. The molecule has 0 spiro atoms. The lowest BCUT2D eigenvalue weighted by molar-refractivity contribution is -0.140. The van der Waals surface area contributed by atoms with Gasteiger partial charge in [0.05, 0.1) is 12.2 Å². The Balaban J connectivity index is 1.34. The van der Waals surface area contributed by atoms with Crippen molar-refractivity contribution in [2.45, 2.75) is 51.9 Å². The molecule has 8 nitrogen and oxygen atoms in total. The molecule has 2 aliphatic heterocycles. The lowest BCUT2D eigenvalue weighted by Crippen LogP contribution is -2.54. The summed E-state index contributed by atoms with van der Waals surface area (Å²) in [5.74, 6) is 1.47. The number of piperidine rings is 1. The van der Waals surface area contributed by atoms with E-state index >= 15 is 0 Å². The van der Waals surface area contributed by atoms with Gasteiger partial charge in [-0.2, -0.15) is 18.3 Å². The first kappa shape index (κ1) is 28.9. The zero-order valence-electron chi connectivity index (χ0n) is 22.5. The topological polar surface area (TPSA) is 79.2 Å². The highest BCUT2D eigenvalue weighted by molar-refractivity contribution is 6.35. The van der Waals surface area contributed by atoms with Crippen molar-refractivity contribution in [3.63, 3.8) is 0 Å². The number of halogens is 5. The molecule has 216 valence electrons. The van der Waals surface area contributed by atoms with Crippen LogP contribution in [0, 0.1) is 11.8 Å². The van der Waals surface area contributed by atoms with Crippen LogP contribution in [0.5, 0.6) is 0 Å². The van der Waals surface area contributed by atoms with Gasteiger partial charge >= 0.3 is 6.18 Å². The van der Waals surface area contributed by atoms with Crippen molar-refractivity contribution in [1.29, 1.82) is 0 Å². The third-order valence-electron chi connectivity index (χ3n) is 7.86. The van der Waals surface area contributed by atoms with Gasteiger partial charge < -0.3 is 15.1 Å². The SMILES string of the molecule is CC(=O)NC(C)CN1CCCC(C2CN(c3cnc4c(C(F)(F)F)nn([C@H](C)c5ccc(Cl)cc5Cl)c4n3)C2)C1. The second-order valence-electron chi connectivity index (χ2n) is 11.0. The largest absolute Gasteiger partial charge is 0.437 e. The van der Waals surface area contributed by atoms with E-state index < -0.39 is 17.9 Å². The lowest BCUT2D eigenvalue weighted by Gasteiger charge is -2.47. The van der Waals surface area contributed by atoms with Crippen molar-refractivity contribution in [3.8, 4) is 0 Å². The van der Waals surface area contributed by atoms with Crippen LogP contribution in [-0.2, 0) is 11.0 Å². The number of carbonyl (C=O) groups is 1. The van der Waals surface area contributed by atoms with Crippen molar-refractivity contribution < 1.29 is 18.0 Å². The van der Waals surface area contributed by atoms with E-state index in [1.807, 2.05) is 6.92 Å². The van der Waals surface area contributed by atoms with Crippen molar-refractivity contribution in [1.82, 2.24) is 30.0 Å². The van der Waals surface area contributed by atoms with Crippen molar-refractivity contribution in [3.05, 3.63) is 45.7 Å². The molecule has 0 aliphatic carbocycles. The zero-order chi connectivity index (χ0) is 28.8. The summed E-state index contributed by atoms with van der Waals surface area (Å²) in [5.41, 5.74) is -0.727. The molecule has 4 heterocycles. The number of carbonyl (C=O) groups excluding carboxylic acids is 1. The number of aromatic nitrogens is 4. The number of rotatable bonds is 7. The van der Waals surface area contributed by atoms with E-state index in [9.17, 15) is 18.0 Å². The van der Waals surface area contributed by atoms with Crippen LogP contribution in [0.1, 0.15) is 50.9 Å². The van der Waals surface area contributed by atoms with Crippen molar-refractivity contribution in [2.75, 3.05) is 37.6 Å². The van der Waals surface area contributed by atoms with E-state index in [2.05, 4.69) is 30.2 Å². The first-order chi connectivity index (χ1) is 18.9. The quantitative estimate of drug-likeness (QED) is 0.391. The second-order valence-corrected chi connectivity index (χ2v) is 11.8. The second kappa shape index (κ2) is 11.3. The predicted octanol–water partition coefficient (Wildman–Crippen LogP) is 5.43. The molecule has 2 fully saturated rings. The first-order valence-electron chi connectivity index (χ1n) is 13.4. The normalized spacial score (nSPS) is 20.4. The molecule has 1 N–H and O–H groups in total. The van der Waals surface area contributed by atoms with Crippen LogP contribution in [-0.4, -0.2) is 69.3 Å². The summed E-state index contributed by atoms with van der Waals surface area (Å²) in [6, 6.07) is 4.32. The number of likely N-dealkylation sites (tertiary alicyclic amines) is 1. The molecule has 2 aliphatic rings. The fourth-order valence-corrected chi connectivity index (χ4v) is 6.47. The molecule has 3 aromatic rings. The van der Waals surface area contributed by atoms with Gasteiger partial charge in [-0.05, 0) is 62.8 Å². The molecule has 13 heteroatoms. The van der Waals surface area contributed by atoms with Crippen LogP contribution in [0.4, 0.5) is 19.0 Å². The van der Waals surface area contributed by atoms with E-state index in [4.69, 9.17) is 23.2 Å². The Morgan fingerprint density at radius 3 is 2.60 bits per heavy atom. The molecule has 2 unspecified atom stereocenters. The molecule has 3 atom stereocenters. The van der Waals surface area contributed by atoms with Crippen LogP contribution in [0.25, 0.3) is 11.2 Å². The maximum absolute atomic E-state index is 13.9. The Bertz CT molecular complexity index is 1390. The number of fused-ring (bicyclic) bond motifs is 1. The van der Waals surface area contributed by atoms with Gasteiger partial charge in [-0.1, -0.05) is 29.3 Å². The molecule has 2 aromatic heterocycles. The standard InChI is InChI=1S/C27H32Cl2F3N7O/c1-15(34-17(3)40)11-37-8-4-5-18(12-37)19-13-38(14-19)23-10-33-24-25(27(30,31)32)36-39(26(24)35-23)16(2)21-7-6-20(28)9-22(21)29/h6-7,9-10,15-16,18-19H,4-5,8,11-14H2,1-3H3,(H,34,40)/t15?,16-,18?/m1/s1. The first-order valence-corrected chi connectivity index (χ1v) is 14.2. The van der Waals surface area contributed by atoms with Gasteiger partial charge in [0.1, 0.15) is 11.3 Å². The highest BCUT2D eigenvalue weighted by Gasteiger charge is 2.40. The molecule has 1 amide bonds. The Morgan fingerprint density at radius 2 is 1.93 bits per heavy atom. The Hall–Kier alpha value is -2.63. The number of benzene rings is 1. The van der Waals surface area contributed by atoms with Gasteiger partial charge in [0, 0.05) is 49.2 Å². The highest BCUT2D eigenvalue weighted by atomic mass is 35.5. The monoisotopic (exact) mass is 597 g/mol. The Morgan fingerprint density at radius 1 is 1.18 bits per heavy atom. The molecular weight excluding hydrogens is 566 g/mol. The molecular formula is C27H32Cl2F3N7O. The number of amides is 1. The van der Waals surface area contributed by atoms with Crippen LogP contribution >= 0.6 is 23.2 Å². The van der Waals surface area contributed by atoms with Crippen LogP contribution in [0.2, 0.25) is 10.0 Å². The smallest absolute Gasteiger partial charge is 0.355 e. The summed E-state index contributed by atoms with van der Waals surface area (Å²) in [6.45, 7) is 9.59. The van der Waals surface area contributed by atoms with E-state index in [0.29, 0.717) is 33.3 Å². The van der Waals surface area contributed by atoms with Gasteiger partial charge in [-0.15, -0.1) is 0 Å². The van der Waals surface area contributed by atoms with Gasteiger partial charge in [0.25, 0.3) is 0 Å². The summed E-state index contributed by atoms with van der Waals surface area (Å²) in [4.78, 5) is 24.6. The van der Waals surface area contributed by atoms with Gasteiger partial charge in [-0.25, -0.2) is 14.6 Å². The third kappa shape index (κ3) is 6.01. The summed E-state index contributed by atoms with van der Waals surface area (Å²) < 4.78 is 42.9. The summed E-state index contributed by atoms with van der Waals surface area (Å²) in [7, 11) is 0. The average molecular weight is 599 g/mol. The minimum absolute atomic E-state index is 0.0249. The summed E-state index contributed by atoms with van der Waals surface area (Å²) >= 11 is 12.4. The van der Waals surface area contributed by atoms with Crippen LogP contribution in [0.15, 0.2) is 24.4 Å². The molecule has 0 saturated carbocycles. The van der Waals surface area contributed by atoms with Gasteiger partial charge in [0.2, 0.25) is 5.91 Å². The maximum Gasteiger partial charge on any atom is 0.437 e. The molecule has 2 saturated heterocycles.